The Morgan fingerprint density at radius 1 is 1.10 bits per heavy atom. The lowest BCUT2D eigenvalue weighted by Crippen LogP contribution is -2.43. The van der Waals surface area contributed by atoms with Crippen molar-refractivity contribution in [2.24, 2.45) is 0 Å². The van der Waals surface area contributed by atoms with Crippen molar-refractivity contribution in [2.75, 3.05) is 32.7 Å². The lowest BCUT2D eigenvalue weighted by molar-refractivity contribution is 0.237. The largest absolute Gasteiger partial charge is 0.314 e. The zero-order chi connectivity index (χ0) is 15.3. The second-order valence-corrected chi connectivity index (χ2v) is 7.45. The maximum Gasteiger partial charge on any atom is 0.0107 e. The molecule has 21 heavy (non-hydrogen) atoms. The molecule has 2 heteroatoms. The number of unbranched alkanes of at least 4 members (excludes halogenated alkanes) is 1. The number of aryl methyl sites for hydroxylation is 2. The number of hydrogen-bond donors (Lipinski definition) is 1. The summed E-state index contributed by atoms with van der Waals surface area (Å²) >= 11 is 0. The molecule has 1 saturated heterocycles. The first-order chi connectivity index (χ1) is 9.97. The van der Waals surface area contributed by atoms with E-state index in [1.807, 2.05) is 0 Å². The third kappa shape index (κ3) is 5.12. The van der Waals surface area contributed by atoms with E-state index in [9.17, 15) is 0 Å². The van der Waals surface area contributed by atoms with Gasteiger partial charge in [0.15, 0.2) is 0 Å². The highest BCUT2D eigenvalue weighted by molar-refractivity contribution is 5.35. The van der Waals surface area contributed by atoms with Crippen LogP contribution in [0.3, 0.4) is 0 Å². The van der Waals surface area contributed by atoms with Crippen LogP contribution < -0.4 is 5.32 Å². The summed E-state index contributed by atoms with van der Waals surface area (Å²) in [5.74, 6) is 0. The Labute approximate surface area is 130 Å². The Bertz CT molecular complexity index is 439. The lowest BCUT2D eigenvalue weighted by atomic mass is 9.83. The molecule has 118 valence electrons. The van der Waals surface area contributed by atoms with Crippen molar-refractivity contribution in [1.82, 2.24) is 10.2 Å². The van der Waals surface area contributed by atoms with Crippen molar-refractivity contribution in [3.8, 4) is 0 Å². The molecule has 1 aromatic carbocycles. The molecular weight excluding hydrogens is 256 g/mol. The fourth-order valence-electron chi connectivity index (χ4n) is 3.23. The van der Waals surface area contributed by atoms with Crippen LogP contribution in [0, 0.1) is 6.92 Å². The van der Waals surface area contributed by atoms with E-state index in [1.165, 1.54) is 55.6 Å². The van der Waals surface area contributed by atoms with E-state index in [1.54, 1.807) is 0 Å². The van der Waals surface area contributed by atoms with E-state index < -0.39 is 0 Å². The number of benzene rings is 1. The first-order valence-electron chi connectivity index (χ1n) is 8.50. The summed E-state index contributed by atoms with van der Waals surface area (Å²) in [6.07, 6.45) is 3.84. The van der Waals surface area contributed by atoms with Gasteiger partial charge in [0.1, 0.15) is 0 Å². The Balaban J connectivity index is 1.80. The van der Waals surface area contributed by atoms with E-state index in [0.717, 1.165) is 13.1 Å². The minimum absolute atomic E-state index is 0.251. The van der Waals surface area contributed by atoms with E-state index in [4.69, 9.17) is 0 Å². The number of piperazine rings is 1. The molecule has 0 bridgehead atoms. The van der Waals surface area contributed by atoms with Gasteiger partial charge in [-0.2, -0.15) is 0 Å². The van der Waals surface area contributed by atoms with Crippen molar-refractivity contribution in [2.45, 2.75) is 52.4 Å². The van der Waals surface area contributed by atoms with Gasteiger partial charge in [0.25, 0.3) is 0 Å². The van der Waals surface area contributed by atoms with Crippen molar-refractivity contribution in [3.05, 3.63) is 34.9 Å². The number of nitrogens with zero attached hydrogens (tertiary/aromatic N) is 1. The van der Waals surface area contributed by atoms with Gasteiger partial charge in [-0.3, -0.25) is 0 Å². The standard InChI is InChI=1S/C19H32N2/c1-16-8-9-17(15-18(16)19(2,3)4)7-5-6-12-21-13-10-20-11-14-21/h8-9,15,20H,5-7,10-14H2,1-4H3. The number of nitrogens with one attached hydrogen (secondary N) is 1. The molecule has 0 atom stereocenters. The average molecular weight is 288 g/mol. The van der Waals surface area contributed by atoms with Crippen LogP contribution in [0.5, 0.6) is 0 Å². The van der Waals surface area contributed by atoms with Crippen LogP contribution in [-0.2, 0) is 11.8 Å². The van der Waals surface area contributed by atoms with Gasteiger partial charge in [0.05, 0.1) is 0 Å². The van der Waals surface area contributed by atoms with Crippen LogP contribution in [0.4, 0.5) is 0 Å². The van der Waals surface area contributed by atoms with Gasteiger partial charge >= 0.3 is 0 Å². The maximum absolute atomic E-state index is 3.41. The highest BCUT2D eigenvalue weighted by Gasteiger charge is 2.16. The first kappa shape index (κ1) is 16.5. The highest BCUT2D eigenvalue weighted by atomic mass is 15.2. The van der Waals surface area contributed by atoms with Gasteiger partial charge in [-0.15, -0.1) is 0 Å². The van der Waals surface area contributed by atoms with Crippen LogP contribution >= 0.6 is 0 Å². The summed E-state index contributed by atoms with van der Waals surface area (Å²) in [4.78, 5) is 2.59. The summed E-state index contributed by atoms with van der Waals surface area (Å²) in [6.45, 7) is 15.2. The minimum Gasteiger partial charge on any atom is -0.314 e. The molecule has 0 aromatic heterocycles. The zero-order valence-corrected chi connectivity index (χ0v) is 14.3. The molecule has 1 fully saturated rings. The molecule has 0 saturated carbocycles. The molecule has 0 radical (unpaired) electrons. The molecule has 1 aromatic rings. The quantitative estimate of drug-likeness (QED) is 0.834. The molecule has 0 unspecified atom stereocenters. The summed E-state index contributed by atoms with van der Waals surface area (Å²) in [5, 5.41) is 3.41. The van der Waals surface area contributed by atoms with Crippen molar-refractivity contribution in [1.29, 1.82) is 0 Å². The Hall–Kier alpha value is -0.860. The minimum atomic E-state index is 0.251. The predicted molar refractivity (Wildman–Crippen MR) is 92.1 cm³/mol. The van der Waals surface area contributed by atoms with Crippen LogP contribution in [0.15, 0.2) is 18.2 Å². The molecule has 0 spiro atoms. The van der Waals surface area contributed by atoms with E-state index in [-0.39, 0.29) is 5.41 Å². The molecule has 0 aliphatic carbocycles. The van der Waals surface area contributed by atoms with Crippen LogP contribution in [0.2, 0.25) is 0 Å². The van der Waals surface area contributed by atoms with Gasteiger partial charge in [-0.25, -0.2) is 0 Å². The smallest absolute Gasteiger partial charge is 0.0107 e. The maximum atomic E-state index is 3.41. The molecule has 1 heterocycles. The van der Waals surface area contributed by atoms with Crippen molar-refractivity contribution < 1.29 is 0 Å². The lowest BCUT2D eigenvalue weighted by Gasteiger charge is -2.27. The summed E-state index contributed by atoms with van der Waals surface area (Å²) < 4.78 is 0. The van der Waals surface area contributed by atoms with Crippen molar-refractivity contribution in [3.63, 3.8) is 0 Å². The topological polar surface area (TPSA) is 15.3 Å². The van der Waals surface area contributed by atoms with E-state index in [2.05, 4.69) is 56.1 Å². The highest BCUT2D eigenvalue weighted by Crippen LogP contribution is 2.26. The van der Waals surface area contributed by atoms with Crippen molar-refractivity contribution >= 4 is 0 Å². The van der Waals surface area contributed by atoms with E-state index in [0.29, 0.717) is 0 Å². The second-order valence-electron chi connectivity index (χ2n) is 7.45. The van der Waals surface area contributed by atoms with Gasteiger partial charge in [0, 0.05) is 26.2 Å². The van der Waals surface area contributed by atoms with Crippen LogP contribution in [-0.4, -0.2) is 37.6 Å². The molecule has 2 rings (SSSR count). The van der Waals surface area contributed by atoms with Crippen LogP contribution in [0.1, 0.15) is 50.3 Å². The average Bonchev–Trinajstić information content (AvgIpc) is 2.45. The molecule has 1 aliphatic heterocycles. The first-order valence-corrected chi connectivity index (χ1v) is 8.50. The fraction of sp³-hybridized carbons (Fsp3) is 0.684. The van der Waals surface area contributed by atoms with Gasteiger partial charge in [-0.1, -0.05) is 39.0 Å². The molecule has 1 aliphatic rings. The number of hydrogen-bond acceptors (Lipinski definition) is 2. The monoisotopic (exact) mass is 288 g/mol. The number of rotatable bonds is 5. The molecule has 2 nitrogen and oxygen atoms in total. The third-order valence-corrected chi connectivity index (χ3v) is 4.51. The molecule has 0 amide bonds. The van der Waals surface area contributed by atoms with Gasteiger partial charge in [-0.05, 0) is 54.8 Å². The summed E-state index contributed by atoms with van der Waals surface area (Å²) in [7, 11) is 0. The van der Waals surface area contributed by atoms with Gasteiger partial charge < -0.3 is 10.2 Å². The summed E-state index contributed by atoms with van der Waals surface area (Å²) in [5.41, 5.74) is 4.68. The van der Waals surface area contributed by atoms with Gasteiger partial charge in [0.2, 0.25) is 0 Å². The molecular formula is C19H32N2. The Kier molecular flexibility index (Phi) is 5.83. The predicted octanol–water partition coefficient (Wildman–Crippen LogP) is 3.52. The second kappa shape index (κ2) is 7.42. The Morgan fingerprint density at radius 2 is 1.81 bits per heavy atom. The Morgan fingerprint density at radius 3 is 2.48 bits per heavy atom. The fourth-order valence-corrected chi connectivity index (χ4v) is 3.23. The van der Waals surface area contributed by atoms with E-state index >= 15 is 0 Å². The normalized spacial score (nSPS) is 17.1. The zero-order valence-electron chi connectivity index (χ0n) is 14.3. The molecule has 1 N–H and O–H groups in total. The van der Waals surface area contributed by atoms with Crippen LogP contribution in [0.25, 0.3) is 0 Å². The third-order valence-electron chi connectivity index (χ3n) is 4.51. The summed E-state index contributed by atoms with van der Waals surface area (Å²) in [6, 6.07) is 7.04. The SMILES string of the molecule is Cc1ccc(CCCCN2CCNCC2)cc1C(C)(C)C.